The van der Waals surface area contributed by atoms with Gasteiger partial charge in [0.05, 0.1) is 12.6 Å². The molecule has 0 aliphatic carbocycles. The number of aromatic nitrogens is 1. The van der Waals surface area contributed by atoms with Crippen LogP contribution in [0.4, 0.5) is 0 Å². The van der Waals surface area contributed by atoms with Crippen molar-refractivity contribution in [3.05, 3.63) is 65.4 Å². The number of hydrogen-bond donors (Lipinski definition) is 2. The molecule has 0 saturated heterocycles. The van der Waals surface area contributed by atoms with Crippen LogP contribution in [-0.2, 0) is 17.6 Å². The van der Waals surface area contributed by atoms with Gasteiger partial charge in [0.15, 0.2) is 0 Å². The minimum atomic E-state index is -0.00275. The van der Waals surface area contributed by atoms with E-state index in [9.17, 15) is 4.79 Å². The molecule has 3 aromatic rings. The van der Waals surface area contributed by atoms with Crippen LogP contribution in [0.5, 0.6) is 5.75 Å². The van der Waals surface area contributed by atoms with Gasteiger partial charge in [-0.15, -0.1) is 0 Å². The molecule has 4 heteroatoms. The number of methoxy groups -OCH3 is 1. The molecule has 1 aromatic heterocycles. The maximum atomic E-state index is 11.2. The van der Waals surface area contributed by atoms with Crippen LogP contribution in [0, 0.1) is 0 Å². The van der Waals surface area contributed by atoms with Crippen LogP contribution in [0.1, 0.15) is 23.7 Å². The highest BCUT2D eigenvalue weighted by atomic mass is 16.5. The molecule has 1 amide bonds. The van der Waals surface area contributed by atoms with Crippen molar-refractivity contribution in [2.45, 2.75) is 19.8 Å². The molecule has 2 aromatic carbocycles. The summed E-state index contributed by atoms with van der Waals surface area (Å²) in [5, 5.41) is 4.04. The van der Waals surface area contributed by atoms with E-state index in [1.54, 1.807) is 14.0 Å². The van der Waals surface area contributed by atoms with E-state index in [1.165, 1.54) is 16.8 Å². The second kappa shape index (κ2) is 7.21. The number of benzene rings is 2. The first-order valence-electron chi connectivity index (χ1n) is 8.14. The van der Waals surface area contributed by atoms with E-state index in [-0.39, 0.29) is 5.91 Å². The van der Waals surface area contributed by atoms with Gasteiger partial charge in [-0.05, 0) is 23.6 Å². The van der Waals surface area contributed by atoms with E-state index >= 15 is 0 Å². The topological polar surface area (TPSA) is 54.1 Å². The minimum absolute atomic E-state index is 0.00275. The number of carbonyl (C=O) groups excluding carboxylic acids is 1. The number of rotatable bonds is 6. The van der Waals surface area contributed by atoms with Crippen molar-refractivity contribution in [3.8, 4) is 5.75 Å². The smallest absolute Gasteiger partial charge is 0.216 e. The molecular formula is C20H22N2O2. The van der Waals surface area contributed by atoms with Gasteiger partial charge < -0.3 is 15.0 Å². The lowest BCUT2D eigenvalue weighted by Crippen LogP contribution is -2.22. The zero-order valence-corrected chi connectivity index (χ0v) is 14.1. The Balaban J connectivity index is 1.99. The molecule has 0 spiro atoms. The summed E-state index contributed by atoms with van der Waals surface area (Å²) >= 11 is 0. The van der Waals surface area contributed by atoms with Gasteiger partial charge in [-0.1, -0.05) is 42.5 Å². The molecule has 0 radical (unpaired) electrons. The third-order valence-electron chi connectivity index (χ3n) is 4.18. The first kappa shape index (κ1) is 16.1. The van der Waals surface area contributed by atoms with Crippen LogP contribution < -0.4 is 10.1 Å². The van der Waals surface area contributed by atoms with Gasteiger partial charge in [-0.3, -0.25) is 4.79 Å². The fourth-order valence-electron chi connectivity index (χ4n) is 3.07. The lowest BCUT2D eigenvalue weighted by Gasteiger charge is -2.06. The average molecular weight is 322 g/mol. The molecule has 4 nitrogen and oxygen atoms in total. The first-order chi connectivity index (χ1) is 11.7. The second-order valence-corrected chi connectivity index (χ2v) is 5.86. The summed E-state index contributed by atoms with van der Waals surface area (Å²) in [6, 6.07) is 16.4. The zero-order valence-electron chi connectivity index (χ0n) is 14.1. The highest BCUT2D eigenvalue weighted by Gasteiger charge is 2.14. The molecule has 0 atom stereocenters. The number of carbonyl (C=O) groups is 1. The third-order valence-corrected chi connectivity index (χ3v) is 4.18. The highest BCUT2D eigenvalue weighted by Crippen LogP contribution is 2.31. The first-order valence-corrected chi connectivity index (χ1v) is 8.14. The summed E-state index contributed by atoms with van der Waals surface area (Å²) in [5.74, 6) is 0.838. The fourth-order valence-corrected chi connectivity index (χ4v) is 3.07. The molecule has 3 rings (SSSR count). The monoisotopic (exact) mass is 322 g/mol. The second-order valence-electron chi connectivity index (χ2n) is 5.86. The molecule has 2 N–H and O–H groups in total. The normalized spacial score (nSPS) is 10.8. The van der Waals surface area contributed by atoms with Crippen molar-refractivity contribution in [1.82, 2.24) is 10.3 Å². The summed E-state index contributed by atoms with van der Waals surface area (Å²) in [5.41, 5.74) is 4.68. The van der Waals surface area contributed by atoms with Crippen LogP contribution in [0.2, 0.25) is 0 Å². The number of nitrogens with one attached hydrogen (secondary N) is 2. The summed E-state index contributed by atoms with van der Waals surface area (Å²) in [7, 11) is 1.68. The Morgan fingerprint density at radius 2 is 1.92 bits per heavy atom. The standard InChI is InChI=1S/C20H22N2O2/c1-14(23)21-12-11-16-17-9-6-10-19(24-2)20(17)22-18(16)13-15-7-4-3-5-8-15/h3-10,22H,11-13H2,1-2H3,(H,21,23). The number of para-hydroxylation sites is 1. The van der Waals surface area contributed by atoms with Gasteiger partial charge in [0.25, 0.3) is 0 Å². The van der Waals surface area contributed by atoms with E-state index in [0.29, 0.717) is 6.54 Å². The predicted octanol–water partition coefficient (Wildman–Crippen LogP) is 3.45. The number of H-pyrrole nitrogens is 1. The number of amides is 1. The van der Waals surface area contributed by atoms with E-state index < -0.39 is 0 Å². The molecule has 0 aliphatic rings. The Kier molecular flexibility index (Phi) is 4.85. The van der Waals surface area contributed by atoms with Gasteiger partial charge >= 0.3 is 0 Å². The van der Waals surface area contributed by atoms with E-state index in [0.717, 1.165) is 29.5 Å². The van der Waals surface area contributed by atoms with Crippen LogP contribution in [0.25, 0.3) is 10.9 Å². The summed E-state index contributed by atoms with van der Waals surface area (Å²) in [4.78, 5) is 14.7. The minimum Gasteiger partial charge on any atom is -0.495 e. The molecule has 1 heterocycles. The van der Waals surface area contributed by atoms with E-state index in [4.69, 9.17) is 4.74 Å². The highest BCUT2D eigenvalue weighted by molar-refractivity contribution is 5.89. The van der Waals surface area contributed by atoms with Crippen LogP contribution >= 0.6 is 0 Å². The maximum Gasteiger partial charge on any atom is 0.216 e. The number of fused-ring (bicyclic) bond motifs is 1. The van der Waals surface area contributed by atoms with Gasteiger partial charge in [-0.25, -0.2) is 0 Å². The molecule has 124 valence electrons. The fraction of sp³-hybridized carbons (Fsp3) is 0.250. The Morgan fingerprint density at radius 3 is 2.62 bits per heavy atom. The summed E-state index contributed by atoms with van der Waals surface area (Å²) < 4.78 is 5.49. The number of hydrogen-bond acceptors (Lipinski definition) is 2. The molecule has 0 bridgehead atoms. The van der Waals surface area contributed by atoms with E-state index in [2.05, 4.69) is 40.6 Å². The molecular weight excluding hydrogens is 300 g/mol. The van der Waals surface area contributed by atoms with Crippen molar-refractivity contribution >= 4 is 16.8 Å². The average Bonchev–Trinajstić information content (AvgIpc) is 2.93. The van der Waals surface area contributed by atoms with Gasteiger partial charge in [0, 0.05) is 31.0 Å². The largest absolute Gasteiger partial charge is 0.495 e. The SMILES string of the molecule is COc1cccc2c(CCNC(C)=O)c(Cc3ccccc3)[nH]c12. The van der Waals surface area contributed by atoms with Gasteiger partial charge in [-0.2, -0.15) is 0 Å². The molecule has 0 saturated carbocycles. The van der Waals surface area contributed by atoms with Crippen molar-refractivity contribution in [3.63, 3.8) is 0 Å². The molecule has 0 unspecified atom stereocenters. The Labute approximate surface area is 141 Å². The van der Waals surface area contributed by atoms with Crippen LogP contribution in [0.3, 0.4) is 0 Å². The quantitative estimate of drug-likeness (QED) is 0.730. The van der Waals surface area contributed by atoms with Crippen LogP contribution in [-0.4, -0.2) is 24.5 Å². The predicted molar refractivity (Wildman–Crippen MR) is 96.5 cm³/mol. The Bertz CT molecular complexity index is 837. The summed E-state index contributed by atoms with van der Waals surface area (Å²) in [6.45, 7) is 2.17. The third kappa shape index (κ3) is 3.43. The Hall–Kier alpha value is -2.75. The summed E-state index contributed by atoms with van der Waals surface area (Å²) in [6.07, 6.45) is 1.61. The van der Waals surface area contributed by atoms with Crippen molar-refractivity contribution < 1.29 is 9.53 Å². The van der Waals surface area contributed by atoms with Gasteiger partial charge in [0.2, 0.25) is 5.91 Å². The molecule has 0 fully saturated rings. The maximum absolute atomic E-state index is 11.2. The van der Waals surface area contributed by atoms with Crippen molar-refractivity contribution in [2.75, 3.05) is 13.7 Å². The lowest BCUT2D eigenvalue weighted by atomic mass is 10.0. The van der Waals surface area contributed by atoms with Gasteiger partial charge in [0.1, 0.15) is 5.75 Å². The lowest BCUT2D eigenvalue weighted by molar-refractivity contribution is -0.118. The Morgan fingerprint density at radius 1 is 1.12 bits per heavy atom. The van der Waals surface area contributed by atoms with E-state index in [1.807, 2.05) is 18.2 Å². The zero-order chi connectivity index (χ0) is 16.9. The van der Waals surface area contributed by atoms with Crippen molar-refractivity contribution in [1.29, 1.82) is 0 Å². The molecule has 0 aliphatic heterocycles. The molecule has 24 heavy (non-hydrogen) atoms. The number of aromatic amines is 1. The van der Waals surface area contributed by atoms with Crippen molar-refractivity contribution in [2.24, 2.45) is 0 Å². The number of ether oxygens (including phenoxy) is 1. The van der Waals surface area contributed by atoms with Crippen LogP contribution in [0.15, 0.2) is 48.5 Å².